The van der Waals surface area contributed by atoms with E-state index in [1.165, 1.54) is 6.07 Å². The first-order valence-corrected chi connectivity index (χ1v) is 7.42. The topological polar surface area (TPSA) is 29.9 Å². The number of halogens is 2. The summed E-state index contributed by atoms with van der Waals surface area (Å²) in [5.41, 5.74) is 1.69. The van der Waals surface area contributed by atoms with Crippen molar-refractivity contribution in [2.24, 2.45) is 0 Å². The maximum absolute atomic E-state index is 13.6. The van der Waals surface area contributed by atoms with Crippen molar-refractivity contribution in [3.8, 4) is 0 Å². The van der Waals surface area contributed by atoms with E-state index in [2.05, 4.69) is 25.5 Å². The molecule has 1 saturated carbocycles. The Bertz CT molecular complexity index is 681. The van der Waals surface area contributed by atoms with Crippen LogP contribution in [0.5, 0.6) is 0 Å². The van der Waals surface area contributed by atoms with Gasteiger partial charge in [-0.3, -0.25) is 0 Å². The second-order valence-corrected chi connectivity index (χ2v) is 6.15. The predicted molar refractivity (Wildman–Crippen MR) is 78.5 cm³/mol. The van der Waals surface area contributed by atoms with E-state index in [0.717, 1.165) is 30.3 Å². The molecule has 2 atom stereocenters. The molecule has 0 saturated heterocycles. The molecule has 1 aliphatic carbocycles. The van der Waals surface area contributed by atoms with Crippen molar-refractivity contribution in [2.75, 3.05) is 7.11 Å². The Labute approximate surface area is 123 Å². The van der Waals surface area contributed by atoms with Gasteiger partial charge in [-0.1, -0.05) is 0 Å². The zero-order valence-corrected chi connectivity index (χ0v) is 12.9. The van der Waals surface area contributed by atoms with Crippen LogP contribution in [0, 0.1) is 10.6 Å². The molecule has 19 heavy (non-hydrogen) atoms. The molecular formula is C13H14BrFN2OS. The summed E-state index contributed by atoms with van der Waals surface area (Å²) in [5.74, 6) is -0.280. The van der Waals surface area contributed by atoms with Gasteiger partial charge in [0.05, 0.1) is 21.6 Å². The standard InChI is InChI=1S/C13H14BrFN2OS/c1-18-8-3-2-7(4-8)17-12-5-9(14)10(15)6-11(12)16-13(17)19/h5-8H,2-4H2,1H3,(H,16,19). The Hall–Kier alpha value is -0.720. The molecule has 0 radical (unpaired) electrons. The van der Waals surface area contributed by atoms with Gasteiger partial charge >= 0.3 is 0 Å². The van der Waals surface area contributed by atoms with Gasteiger partial charge in [0.15, 0.2) is 4.77 Å². The average Bonchev–Trinajstić information content (AvgIpc) is 2.94. The second-order valence-electron chi connectivity index (χ2n) is 4.91. The summed E-state index contributed by atoms with van der Waals surface area (Å²) in [4.78, 5) is 3.08. The summed E-state index contributed by atoms with van der Waals surface area (Å²) in [7, 11) is 1.74. The minimum absolute atomic E-state index is 0.280. The van der Waals surface area contributed by atoms with Crippen LogP contribution in [0.4, 0.5) is 4.39 Å². The van der Waals surface area contributed by atoms with Crippen LogP contribution in [-0.2, 0) is 4.74 Å². The number of nitrogens with one attached hydrogen (secondary N) is 1. The van der Waals surface area contributed by atoms with Crippen LogP contribution in [0.15, 0.2) is 16.6 Å². The summed E-state index contributed by atoms with van der Waals surface area (Å²) in [5, 5.41) is 0. The van der Waals surface area contributed by atoms with Gasteiger partial charge in [0, 0.05) is 19.2 Å². The van der Waals surface area contributed by atoms with E-state index in [1.807, 2.05) is 0 Å². The first kappa shape index (κ1) is 13.3. The zero-order valence-electron chi connectivity index (χ0n) is 10.5. The number of imidazole rings is 1. The molecular weight excluding hydrogens is 331 g/mol. The summed E-state index contributed by atoms with van der Waals surface area (Å²) >= 11 is 8.61. The third kappa shape index (κ3) is 2.26. The van der Waals surface area contributed by atoms with Crippen molar-refractivity contribution in [1.82, 2.24) is 9.55 Å². The quantitative estimate of drug-likeness (QED) is 0.821. The van der Waals surface area contributed by atoms with Crippen molar-refractivity contribution in [3.63, 3.8) is 0 Å². The van der Waals surface area contributed by atoms with Gasteiger partial charge in [0.25, 0.3) is 0 Å². The minimum Gasteiger partial charge on any atom is -0.381 e. The van der Waals surface area contributed by atoms with Crippen molar-refractivity contribution in [2.45, 2.75) is 31.4 Å². The van der Waals surface area contributed by atoms with Gasteiger partial charge in [-0.2, -0.15) is 0 Å². The van der Waals surface area contributed by atoms with E-state index in [9.17, 15) is 4.39 Å². The van der Waals surface area contributed by atoms with E-state index in [1.54, 1.807) is 13.2 Å². The number of nitrogens with zero attached hydrogens (tertiary/aromatic N) is 1. The van der Waals surface area contributed by atoms with Crippen LogP contribution in [-0.4, -0.2) is 22.8 Å². The Morgan fingerprint density at radius 3 is 2.95 bits per heavy atom. The number of hydrogen-bond donors (Lipinski definition) is 1. The highest BCUT2D eigenvalue weighted by atomic mass is 79.9. The van der Waals surface area contributed by atoms with Crippen molar-refractivity contribution in [3.05, 3.63) is 27.2 Å². The molecule has 0 amide bonds. The zero-order chi connectivity index (χ0) is 13.6. The lowest BCUT2D eigenvalue weighted by atomic mass is 10.2. The highest BCUT2D eigenvalue weighted by molar-refractivity contribution is 9.10. The lowest BCUT2D eigenvalue weighted by Crippen LogP contribution is -2.09. The number of fused-ring (bicyclic) bond motifs is 1. The number of benzene rings is 1. The van der Waals surface area contributed by atoms with Gasteiger partial charge < -0.3 is 14.3 Å². The highest BCUT2D eigenvalue weighted by Crippen LogP contribution is 2.35. The number of ether oxygens (including phenoxy) is 1. The van der Waals surface area contributed by atoms with Gasteiger partial charge in [0.1, 0.15) is 5.82 Å². The molecule has 2 aromatic rings. The minimum atomic E-state index is -0.280. The number of hydrogen-bond acceptors (Lipinski definition) is 2. The maximum Gasteiger partial charge on any atom is 0.178 e. The van der Waals surface area contributed by atoms with Crippen molar-refractivity contribution in [1.29, 1.82) is 0 Å². The largest absolute Gasteiger partial charge is 0.381 e. The van der Waals surface area contributed by atoms with E-state index < -0.39 is 0 Å². The molecule has 1 fully saturated rings. The molecule has 3 rings (SSSR count). The molecule has 0 aliphatic heterocycles. The van der Waals surface area contributed by atoms with Crippen molar-refractivity contribution < 1.29 is 9.13 Å². The normalized spacial score (nSPS) is 23.3. The van der Waals surface area contributed by atoms with Crippen LogP contribution in [0.2, 0.25) is 0 Å². The number of aromatic nitrogens is 2. The molecule has 0 bridgehead atoms. The summed E-state index contributed by atoms with van der Waals surface area (Å²) in [6, 6.07) is 3.59. The van der Waals surface area contributed by atoms with Gasteiger partial charge in [0.2, 0.25) is 0 Å². The highest BCUT2D eigenvalue weighted by Gasteiger charge is 2.27. The first-order valence-electron chi connectivity index (χ1n) is 6.22. The van der Waals surface area contributed by atoms with Gasteiger partial charge in [-0.25, -0.2) is 4.39 Å². The number of methoxy groups -OCH3 is 1. The molecule has 6 heteroatoms. The van der Waals surface area contributed by atoms with E-state index in [4.69, 9.17) is 17.0 Å². The van der Waals surface area contributed by atoms with Crippen LogP contribution >= 0.6 is 28.1 Å². The lowest BCUT2D eigenvalue weighted by Gasteiger charge is -2.13. The molecule has 1 heterocycles. The number of H-pyrrole nitrogens is 1. The fraction of sp³-hybridized carbons (Fsp3) is 0.462. The third-order valence-electron chi connectivity index (χ3n) is 3.81. The lowest BCUT2D eigenvalue weighted by molar-refractivity contribution is 0.106. The SMILES string of the molecule is COC1CCC(n2c(=S)[nH]c3cc(F)c(Br)cc32)C1. The van der Waals surface area contributed by atoms with E-state index in [0.29, 0.717) is 21.4 Å². The fourth-order valence-electron chi connectivity index (χ4n) is 2.85. The monoisotopic (exact) mass is 344 g/mol. The second kappa shape index (κ2) is 5.00. The number of aromatic amines is 1. The Morgan fingerprint density at radius 1 is 1.47 bits per heavy atom. The smallest absolute Gasteiger partial charge is 0.178 e. The molecule has 2 unspecified atom stereocenters. The Balaban J connectivity index is 2.11. The Kier molecular flexibility index (Phi) is 3.49. The molecule has 1 aromatic heterocycles. The van der Waals surface area contributed by atoms with Crippen LogP contribution < -0.4 is 0 Å². The molecule has 0 spiro atoms. The first-order chi connectivity index (χ1) is 9.10. The van der Waals surface area contributed by atoms with Crippen molar-refractivity contribution >= 4 is 39.2 Å². The van der Waals surface area contributed by atoms with E-state index in [-0.39, 0.29) is 5.82 Å². The molecule has 1 N–H and O–H groups in total. The molecule has 3 nitrogen and oxygen atoms in total. The molecule has 1 aromatic carbocycles. The van der Waals surface area contributed by atoms with E-state index >= 15 is 0 Å². The summed E-state index contributed by atoms with van der Waals surface area (Å²) in [6.45, 7) is 0. The van der Waals surface area contributed by atoms with Crippen LogP contribution in [0.3, 0.4) is 0 Å². The maximum atomic E-state index is 13.6. The number of rotatable bonds is 2. The Morgan fingerprint density at radius 2 is 2.26 bits per heavy atom. The molecule has 1 aliphatic rings. The summed E-state index contributed by atoms with van der Waals surface area (Å²) < 4.78 is 22.2. The van der Waals surface area contributed by atoms with Gasteiger partial charge in [-0.05, 0) is 53.5 Å². The summed E-state index contributed by atoms with van der Waals surface area (Å²) in [6.07, 6.45) is 3.32. The van der Waals surface area contributed by atoms with Crippen LogP contribution in [0.1, 0.15) is 25.3 Å². The predicted octanol–water partition coefficient (Wildman–Crippen LogP) is 4.34. The van der Waals surface area contributed by atoms with Crippen LogP contribution in [0.25, 0.3) is 11.0 Å². The third-order valence-corrected chi connectivity index (χ3v) is 4.72. The molecule has 102 valence electrons. The van der Waals surface area contributed by atoms with Gasteiger partial charge in [-0.15, -0.1) is 0 Å². The fourth-order valence-corrected chi connectivity index (χ4v) is 3.54. The average molecular weight is 345 g/mol.